The lowest BCUT2D eigenvalue weighted by atomic mass is 9.70. The van der Waals surface area contributed by atoms with Crippen LogP contribution >= 0.6 is 15.9 Å². The quantitative estimate of drug-likeness (QED) is 0.174. The van der Waals surface area contributed by atoms with Crippen molar-refractivity contribution in [2.24, 2.45) is 11.8 Å². The zero-order valence-corrected chi connectivity index (χ0v) is 23.7. The predicted molar refractivity (Wildman–Crippen MR) is 148 cm³/mol. The molecule has 3 fully saturated rings. The molecule has 4 rings (SSSR count). The van der Waals surface area contributed by atoms with E-state index in [0.29, 0.717) is 32.2 Å². The third-order valence-corrected chi connectivity index (χ3v) is 8.77. The van der Waals surface area contributed by atoms with E-state index in [1.54, 1.807) is 15.9 Å². The molecule has 38 heavy (non-hydrogen) atoms. The second kappa shape index (κ2) is 11.7. The fourth-order valence-electron chi connectivity index (χ4n) is 6.32. The van der Waals surface area contributed by atoms with Crippen LogP contribution < -0.4 is 4.90 Å². The number of esters is 1. The van der Waals surface area contributed by atoms with Crippen LogP contribution in [0.25, 0.3) is 0 Å². The number of likely N-dealkylation sites (tertiary alicyclic amines) is 1. The van der Waals surface area contributed by atoms with Gasteiger partial charge in [-0.05, 0) is 56.7 Å². The summed E-state index contributed by atoms with van der Waals surface area (Å²) in [5.74, 6) is -2.64. The Morgan fingerprint density at radius 1 is 1.26 bits per heavy atom. The SMILES string of the molecule is C=CCOC(=O)[C@H]1[C@H]2C(=O)N(CCCCCO)C(C(=O)N(CC=C)c3cc(C)ccc3C)C23CC(Br)[C@@H]1O3. The van der Waals surface area contributed by atoms with Crippen molar-refractivity contribution in [1.82, 2.24) is 4.90 Å². The molecule has 2 bridgehead atoms. The number of carbonyl (C=O) groups excluding carboxylic acids is 3. The maximum absolute atomic E-state index is 14.5. The lowest BCUT2D eigenvalue weighted by Crippen LogP contribution is -2.57. The van der Waals surface area contributed by atoms with Gasteiger partial charge in [0, 0.05) is 30.2 Å². The largest absolute Gasteiger partial charge is 0.461 e. The van der Waals surface area contributed by atoms with E-state index in [0.717, 1.165) is 16.8 Å². The Kier molecular flexibility index (Phi) is 8.79. The number of hydrogen-bond donors (Lipinski definition) is 1. The van der Waals surface area contributed by atoms with Crippen molar-refractivity contribution in [2.75, 3.05) is 31.2 Å². The maximum Gasteiger partial charge on any atom is 0.312 e. The molecule has 2 amide bonds. The van der Waals surface area contributed by atoms with E-state index in [1.807, 2.05) is 32.0 Å². The summed E-state index contributed by atoms with van der Waals surface area (Å²) in [5, 5.41) is 9.23. The molecule has 3 heterocycles. The Labute approximate surface area is 232 Å². The van der Waals surface area contributed by atoms with Crippen LogP contribution in [0.2, 0.25) is 0 Å². The van der Waals surface area contributed by atoms with Gasteiger partial charge in [0.2, 0.25) is 5.91 Å². The number of amides is 2. The third-order valence-electron chi connectivity index (χ3n) is 7.93. The number of halogens is 1. The molecule has 8 nitrogen and oxygen atoms in total. The molecule has 0 saturated carbocycles. The standard InChI is InChI=1S/C29H37BrN2O6/c1-5-12-31(21-16-18(3)10-11-19(21)4)27(35)25-29-17-20(30)24(38-29)22(28(36)37-15-6-2)23(29)26(34)32(25)13-8-7-9-14-33/h5-6,10-11,16,20,22-25,33H,1-2,7-9,12-15,17H2,3-4H3/t20?,22-,23-,24-,25?,29?/m0/s1. The molecule has 6 atom stereocenters. The summed E-state index contributed by atoms with van der Waals surface area (Å²) >= 11 is 3.68. The number of anilines is 1. The van der Waals surface area contributed by atoms with Crippen LogP contribution in [0.4, 0.5) is 5.69 Å². The first-order chi connectivity index (χ1) is 18.2. The average Bonchev–Trinajstić information content (AvgIpc) is 3.48. The van der Waals surface area contributed by atoms with Crippen LogP contribution in [0, 0.1) is 25.7 Å². The third kappa shape index (κ3) is 4.84. The van der Waals surface area contributed by atoms with Crippen molar-refractivity contribution in [3.63, 3.8) is 0 Å². The van der Waals surface area contributed by atoms with Gasteiger partial charge < -0.3 is 24.4 Å². The van der Waals surface area contributed by atoms with Crippen molar-refractivity contribution >= 4 is 39.4 Å². The molecule has 3 aliphatic heterocycles. The van der Waals surface area contributed by atoms with E-state index in [1.165, 1.54) is 6.08 Å². The zero-order chi connectivity index (χ0) is 27.6. The van der Waals surface area contributed by atoms with Gasteiger partial charge in [0.1, 0.15) is 18.2 Å². The molecule has 3 unspecified atom stereocenters. The summed E-state index contributed by atoms with van der Waals surface area (Å²) in [7, 11) is 0. The fourth-order valence-corrected chi connectivity index (χ4v) is 7.26. The molecular formula is C29H37BrN2O6. The number of aliphatic hydroxyl groups excluding tert-OH is 1. The van der Waals surface area contributed by atoms with Crippen LogP contribution in [0.3, 0.4) is 0 Å². The molecule has 0 aliphatic carbocycles. The Balaban J connectivity index is 1.77. The second-order valence-corrected chi connectivity index (χ2v) is 11.6. The number of nitrogens with zero attached hydrogens (tertiary/aromatic N) is 2. The number of unbranched alkanes of at least 4 members (excludes halogenated alkanes) is 2. The van der Waals surface area contributed by atoms with E-state index in [-0.39, 0.29) is 36.4 Å². The van der Waals surface area contributed by atoms with Gasteiger partial charge in [0.15, 0.2) is 0 Å². The topological polar surface area (TPSA) is 96.4 Å². The van der Waals surface area contributed by atoms with E-state index >= 15 is 0 Å². The Morgan fingerprint density at radius 2 is 2.03 bits per heavy atom. The lowest BCUT2D eigenvalue weighted by Gasteiger charge is -2.37. The van der Waals surface area contributed by atoms with Gasteiger partial charge in [-0.25, -0.2) is 0 Å². The van der Waals surface area contributed by atoms with Gasteiger partial charge in [-0.3, -0.25) is 14.4 Å². The van der Waals surface area contributed by atoms with Gasteiger partial charge in [-0.2, -0.15) is 0 Å². The van der Waals surface area contributed by atoms with Crippen LogP contribution in [-0.2, 0) is 23.9 Å². The van der Waals surface area contributed by atoms with E-state index in [2.05, 4.69) is 29.1 Å². The number of carbonyl (C=O) groups is 3. The minimum Gasteiger partial charge on any atom is -0.461 e. The number of benzene rings is 1. The number of aryl methyl sites for hydroxylation is 2. The Hall–Kier alpha value is -2.49. The molecule has 0 radical (unpaired) electrons. The second-order valence-electron chi connectivity index (χ2n) is 10.4. The Bertz CT molecular complexity index is 1110. The van der Waals surface area contributed by atoms with Gasteiger partial charge in [0.05, 0.1) is 17.9 Å². The molecule has 1 aromatic rings. The molecular weight excluding hydrogens is 552 g/mol. The van der Waals surface area contributed by atoms with Crippen molar-refractivity contribution in [3.05, 3.63) is 54.6 Å². The van der Waals surface area contributed by atoms with Crippen molar-refractivity contribution < 1.29 is 29.0 Å². The highest BCUT2D eigenvalue weighted by Gasteiger charge is 2.77. The number of aliphatic hydroxyl groups is 1. The fraction of sp³-hybridized carbons (Fsp3) is 0.552. The average molecular weight is 590 g/mol. The molecule has 3 saturated heterocycles. The number of hydrogen-bond acceptors (Lipinski definition) is 6. The van der Waals surface area contributed by atoms with Gasteiger partial charge in [-0.15, -0.1) is 6.58 Å². The minimum atomic E-state index is -1.15. The summed E-state index contributed by atoms with van der Waals surface area (Å²) in [6, 6.07) is 5.02. The summed E-state index contributed by atoms with van der Waals surface area (Å²) in [4.78, 5) is 44.8. The first-order valence-corrected chi connectivity index (χ1v) is 14.1. The highest BCUT2D eigenvalue weighted by Crippen LogP contribution is 2.60. The van der Waals surface area contributed by atoms with E-state index in [9.17, 15) is 19.5 Å². The highest BCUT2D eigenvalue weighted by molar-refractivity contribution is 9.09. The molecule has 9 heteroatoms. The monoisotopic (exact) mass is 588 g/mol. The first-order valence-electron chi connectivity index (χ1n) is 13.2. The number of fused-ring (bicyclic) bond motifs is 1. The van der Waals surface area contributed by atoms with Gasteiger partial charge in [-0.1, -0.05) is 46.8 Å². The minimum absolute atomic E-state index is 0.0376. The number of rotatable bonds is 12. The van der Waals surface area contributed by atoms with E-state index < -0.39 is 35.6 Å². The number of ether oxygens (including phenoxy) is 2. The summed E-state index contributed by atoms with van der Waals surface area (Å²) < 4.78 is 11.9. The van der Waals surface area contributed by atoms with Crippen LogP contribution in [0.1, 0.15) is 36.8 Å². The predicted octanol–water partition coefficient (Wildman–Crippen LogP) is 3.46. The van der Waals surface area contributed by atoms with Gasteiger partial charge >= 0.3 is 5.97 Å². The maximum atomic E-state index is 14.5. The van der Waals surface area contributed by atoms with Crippen molar-refractivity contribution in [1.29, 1.82) is 0 Å². The normalized spacial score (nSPS) is 29.3. The highest BCUT2D eigenvalue weighted by atomic mass is 79.9. The first kappa shape index (κ1) is 28.5. The molecule has 3 aliphatic rings. The van der Waals surface area contributed by atoms with E-state index in [4.69, 9.17) is 9.47 Å². The smallest absolute Gasteiger partial charge is 0.312 e. The molecule has 1 aromatic carbocycles. The molecule has 1 spiro atoms. The van der Waals surface area contributed by atoms with Crippen molar-refractivity contribution in [3.8, 4) is 0 Å². The zero-order valence-electron chi connectivity index (χ0n) is 22.1. The van der Waals surface area contributed by atoms with Crippen LogP contribution in [-0.4, -0.2) is 76.7 Å². The van der Waals surface area contributed by atoms with Crippen LogP contribution in [0.15, 0.2) is 43.5 Å². The summed E-state index contributed by atoms with van der Waals surface area (Å²) in [6.07, 6.45) is 4.96. The summed E-state index contributed by atoms with van der Waals surface area (Å²) in [5.41, 5.74) is 1.54. The lowest BCUT2D eigenvalue weighted by molar-refractivity contribution is -0.153. The van der Waals surface area contributed by atoms with Gasteiger partial charge in [0.25, 0.3) is 5.91 Å². The Morgan fingerprint density at radius 3 is 2.71 bits per heavy atom. The van der Waals surface area contributed by atoms with Crippen LogP contribution in [0.5, 0.6) is 0 Å². The number of alkyl halides is 1. The molecule has 1 N–H and O–H groups in total. The summed E-state index contributed by atoms with van der Waals surface area (Å²) in [6.45, 7) is 12.1. The van der Waals surface area contributed by atoms with Crippen molar-refractivity contribution in [2.45, 2.75) is 62.1 Å². The molecule has 0 aromatic heterocycles. The molecule has 206 valence electrons.